The summed E-state index contributed by atoms with van der Waals surface area (Å²) in [6.07, 6.45) is 0.650. The molecule has 0 radical (unpaired) electrons. The van der Waals surface area contributed by atoms with Crippen LogP contribution in [0, 0.1) is 0 Å². The Morgan fingerprint density at radius 1 is 1.12 bits per heavy atom. The molecular weight excluding hydrogens is 334 g/mol. The van der Waals surface area contributed by atoms with Gasteiger partial charge in [0.1, 0.15) is 11.5 Å². The molecule has 0 aliphatic carbocycles. The van der Waals surface area contributed by atoms with Crippen LogP contribution in [0.15, 0.2) is 59.3 Å². The van der Waals surface area contributed by atoms with Crippen molar-refractivity contribution in [3.05, 3.63) is 60.5 Å². The summed E-state index contributed by atoms with van der Waals surface area (Å²) in [6, 6.07) is 14.6. The molecule has 7 heteroatoms. The standard InChI is InChI=1S/C19H19N3O4/c1-13(18(23)20-11-14-3-7-16(24-2)8-4-14)26-17-9-5-15(6-10-17)19-22-21-12-25-19/h3-10,12-13H,11H2,1-2H3,(H,20,23)/t13-/m0/s1. The van der Waals surface area contributed by atoms with Crippen molar-refractivity contribution >= 4 is 5.91 Å². The first-order valence-corrected chi connectivity index (χ1v) is 8.09. The number of amides is 1. The summed E-state index contributed by atoms with van der Waals surface area (Å²) >= 11 is 0. The third-order valence-corrected chi connectivity index (χ3v) is 3.77. The fourth-order valence-corrected chi connectivity index (χ4v) is 2.31. The third-order valence-electron chi connectivity index (χ3n) is 3.77. The Labute approximate surface area is 151 Å². The van der Waals surface area contributed by atoms with E-state index < -0.39 is 6.10 Å². The van der Waals surface area contributed by atoms with Crippen LogP contribution in [0.1, 0.15) is 12.5 Å². The monoisotopic (exact) mass is 353 g/mol. The number of nitrogens with one attached hydrogen (secondary N) is 1. The second kappa shape index (κ2) is 8.15. The van der Waals surface area contributed by atoms with Crippen LogP contribution in [-0.2, 0) is 11.3 Å². The van der Waals surface area contributed by atoms with E-state index in [0.717, 1.165) is 16.9 Å². The minimum atomic E-state index is -0.623. The van der Waals surface area contributed by atoms with E-state index in [1.807, 2.05) is 24.3 Å². The fourth-order valence-electron chi connectivity index (χ4n) is 2.31. The van der Waals surface area contributed by atoms with Crippen molar-refractivity contribution in [3.8, 4) is 23.0 Å². The summed E-state index contributed by atoms with van der Waals surface area (Å²) in [5, 5.41) is 10.3. The number of rotatable bonds is 7. The van der Waals surface area contributed by atoms with E-state index in [0.29, 0.717) is 18.2 Å². The molecule has 3 aromatic rings. The average molecular weight is 353 g/mol. The van der Waals surface area contributed by atoms with E-state index >= 15 is 0 Å². The third kappa shape index (κ3) is 4.38. The lowest BCUT2D eigenvalue weighted by Crippen LogP contribution is -2.35. The molecule has 2 aromatic carbocycles. The molecule has 1 atom stereocenters. The highest BCUT2D eigenvalue weighted by Crippen LogP contribution is 2.21. The highest BCUT2D eigenvalue weighted by atomic mass is 16.5. The number of aromatic nitrogens is 2. The molecular formula is C19H19N3O4. The van der Waals surface area contributed by atoms with Crippen molar-refractivity contribution in [2.75, 3.05) is 7.11 Å². The molecule has 0 fully saturated rings. The SMILES string of the molecule is COc1ccc(CNC(=O)[C@H](C)Oc2ccc(-c3nnco3)cc2)cc1. The lowest BCUT2D eigenvalue weighted by Gasteiger charge is -2.15. The van der Waals surface area contributed by atoms with Gasteiger partial charge in [0.2, 0.25) is 12.3 Å². The largest absolute Gasteiger partial charge is 0.497 e. The molecule has 0 aliphatic rings. The summed E-state index contributed by atoms with van der Waals surface area (Å²) in [4.78, 5) is 12.2. The smallest absolute Gasteiger partial charge is 0.261 e. The highest BCUT2D eigenvalue weighted by molar-refractivity contribution is 5.80. The summed E-state index contributed by atoms with van der Waals surface area (Å²) in [5.41, 5.74) is 1.77. The lowest BCUT2D eigenvalue weighted by molar-refractivity contribution is -0.127. The minimum absolute atomic E-state index is 0.193. The van der Waals surface area contributed by atoms with Crippen LogP contribution in [-0.4, -0.2) is 29.3 Å². The van der Waals surface area contributed by atoms with Crippen LogP contribution < -0.4 is 14.8 Å². The van der Waals surface area contributed by atoms with E-state index in [9.17, 15) is 4.79 Å². The Bertz CT molecular complexity index is 830. The Balaban J connectivity index is 1.51. The number of nitrogens with zero attached hydrogens (tertiary/aromatic N) is 2. The van der Waals surface area contributed by atoms with Crippen molar-refractivity contribution in [2.45, 2.75) is 19.6 Å². The zero-order valence-corrected chi connectivity index (χ0v) is 14.5. The molecule has 1 amide bonds. The van der Waals surface area contributed by atoms with Crippen molar-refractivity contribution < 1.29 is 18.7 Å². The normalized spacial score (nSPS) is 11.6. The molecule has 26 heavy (non-hydrogen) atoms. The van der Waals surface area contributed by atoms with Gasteiger partial charge in [0.15, 0.2) is 6.10 Å². The maximum Gasteiger partial charge on any atom is 0.261 e. The minimum Gasteiger partial charge on any atom is -0.497 e. The summed E-state index contributed by atoms with van der Waals surface area (Å²) < 4.78 is 15.9. The van der Waals surface area contributed by atoms with E-state index in [1.54, 1.807) is 38.3 Å². The number of methoxy groups -OCH3 is 1. The molecule has 1 aromatic heterocycles. The fraction of sp³-hybridized carbons (Fsp3) is 0.211. The van der Waals surface area contributed by atoms with Crippen LogP contribution >= 0.6 is 0 Å². The summed E-state index contributed by atoms with van der Waals surface area (Å²) in [6.45, 7) is 2.13. The predicted molar refractivity (Wildman–Crippen MR) is 94.7 cm³/mol. The van der Waals surface area contributed by atoms with E-state index in [1.165, 1.54) is 6.39 Å². The Hall–Kier alpha value is -3.35. The molecule has 0 spiro atoms. The van der Waals surface area contributed by atoms with Crippen molar-refractivity contribution in [1.29, 1.82) is 0 Å². The highest BCUT2D eigenvalue weighted by Gasteiger charge is 2.14. The Morgan fingerprint density at radius 3 is 2.42 bits per heavy atom. The topological polar surface area (TPSA) is 86.5 Å². The number of benzene rings is 2. The van der Waals surface area contributed by atoms with Crippen LogP contribution in [0.25, 0.3) is 11.5 Å². The first kappa shape index (κ1) is 17.5. The van der Waals surface area contributed by atoms with E-state index in [-0.39, 0.29) is 5.91 Å². The summed E-state index contributed by atoms with van der Waals surface area (Å²) in [7, 11) is 1.62. The molecule has 0 saturated carbocycles. The van der Waals surface area contributed by atoms with E-state index in [4.69, 9.17) is 13.9 Å². The van der Waals surface area contributed by atoms with Gasteiger partial charge >= 0.3 is 0 Å². The molecule has 3 rings (SSSR count). The summed E-state index contributed by atoms with van der Waals surface area (Å²) in [5.74, 6) is 1.60. The number of hydrogen-bond donors (Lipinski definition) is 1. The molecule has 7 nitrogen and oxygen atoms in total. The van der Waals surface area contributed by atoms with Gasteiger partial charge in [-0.3, -0.25) is 4.79 Å². The maximum absolute atomic E-state index is 12.2. The van der Waals surface area contributed by atoms with Crippen LogP contribution in [0.5, 0.6) is 11.5 Å². The van der Waals surface area contributed by atoms with Crippen molar-refractivity contribution in [2.24, 2.45) is 0 Å². The van der Waals surface area contributed by atoms with Gasteiger partial charge in [-0.2, -0.15) is 0 Å². The zero-order valence-electron chi connectivity index (χ0n) is 14.5. The van der Waals surface area contributed by atoms with Gasteiger partial charge in [-0.05, 0) is 48.9 Å². The predicted octanol–water partition coefficient (Wildman–Crippen LogP) is 2.83. The molecule has 1 heterocycles. The number of hydrogen-bond acceptors (Lipinski definition) is 6. The average Bonchev–Trinajstić information content (AvgIpc) is 3.22. The molecule has 0 aliphatic heterocycles. The number of carbonyl (C=O) groups is 1. The molecule has 1 N–H and O–H groups in total. The second-order valence-corrected chi connectivity index (χ2v) is 5.59. The van der Waals surface area contributed by atoms with Crippen LogP contribution in [0.4, 0.5) is 0 Å². The van der Waals surface area contributed by atoms with Gasteiger partial charge in [0, 0.05) is 12.1 Å². The van der Waals surface area contributed by atoms with Gasteiger partial charge in [0.25, 0.3) is 5.91 Å². The first-order valence-electron chi connectivity index (χ1n) is 8.09. The molecule has 134 valence electrons. The molecule has 0 bridgehead atoms. The van der Waals surface area contributed by atoms with Crippen LogP contribution in [0.2, 0.25) is 0 Å². The van der Waals surface area contributed by atoms with Gasteiger partial charge in [-0.1, -0.05) is 12.1 Å². The van der Waals surface area contributed by atoms with E-state index in [2.05, 4.69) is 15.5 Å². The first-order chi connectivity index (χ1) is 12.7. The number of carbonyl (C=O) groups excluding carboxylic acids is 1. The van der Waals surface area contributed by atoms with Gasteiger partial charge in [-0.25, -0.2) is 0 Å². The van der Waals surface area contributed by atoms with Gasteiger partial charge in [-0.15, -0.1) is 10.2 Å². The van der Waals surface area contributed by atoms with Crippen LogP contribution in [0.3, 0.4) is 0 Å². The Kier molecular flexibility index (Phi) is 5.48. The quantitative estimate of drug-likeness (QED) is 0.703. The molecule has 0 saturated heterocycles. The maximum atomic E-state index is 12.2. The van der Waals surface area contributed by atoms with Crippen molar-refractivity contribution in [1.82, 2.24) is 15.5 Å². The second-order valence-electron chi connectivity index (χ2n) is 5.59. The Morgan fingerprint density at radius 2 is 1.81 bits per heavy atom. The van der Waals surface area contributed by atoms with Gasteiger partial charge in [0.05, 0.1) is 7.11 Å². The molecule has 0 unspecified atom stereocenters. The van der Waals surface area contributed by atoms with Gasteiger partial charge < -0.3 is 19.2 Å². The van der Waals surface area contributed by atoms with Crippen molar-refractivity contribution in [3.63, 3.8) is 0 Å². The number of ether oxygens (including phenoxy) is 2. The zero-order chi connectivity index (χ0) is 18.4. The lowest BCUT2D eigenvalue weighted by atomic mass is 10.2.